The molecule has 2 amide bonds. The number of carboxylic acids is 1. The maximum Gasteiger partial charge on any atom is 0.315 e. The number of carbonyl (C=O) groups excluding carboxylic acids is 1. The summed E-state index contributed by atoms with van der Waals surface area (Å²) in [5.74, 6) is -1.26. The van der Waals surface area contributed by atoms with E-state index in [9.17, 15) is 9.59 Å². The fraction of sp³-hybridized carbons (Fsp3) is 0.857. The minimum Gasteiger partial charge on any atom is -0.481 e. The Morgan fingerprint density at radius 1 is 1.15 bits per heavy atom. The van der Waals surface area contributed by atoms with Gasteiger partial charge in [-0.1, -0.05) is 27.7 Å². The summed E-state index contributed by atoms with van der Waals surface area (Å²) in [5.41, 5.74) is 0. The first-order chi connectivity index (χ1) is 9.29. The van der Waals surface area contributed by atoms with Gasteiger partial charge < -0.3 is 20.5 Å². The van der Waals surface area contributed by atoms with Crippen LogP contribution in [0.5, 0.6) is 0 Å². The fourth-order valence-electron chi connectivity index (χ4n) is 1.68. The van der Waals surface area contributed by atoms with Crippen molar-refractivity contribution in [3.63, 3.8) is 0 Å². The zero-order valence-electron chi connectivity index (χ0n) is 13.1. The van der Waals surface area contributed by atoms with Gasteiger partial charge in [0.2, 0.25) is 0 Å². The number of ether oxygens (including phenoxy) is 1. The minimum absolute atomic E-state index is 0.0304. The smallest absolute Gasteiger partial charge is 0.315 e. The van der Waals surface area contributed by atoms with Crippen molar-refractivity contribution in [1.82, 2.24) is 10.6 Å². The first-order valence-corrected chi connectivity index (χ1v) is 7.14. The molecule has 0 aliphatic heterocycles. The van der Waals surface area contributed by atoms with Crippen LogP contribution < -0.4 is 10.6 Å². The van der Waals surface area contributed by atoms with Gasteiger partial charge in [0.15, 0.2) is 0 Å². The van der Waals surface area contributed by atoms with Gasteiger partial charge in [-0.25, -0.2) is 4.79 Å². The van der Waals surface area contributed by atoms with E-state index in [0.29, 0.717) is 13.2 Å². The first-order valence-electron chi connectivity index (χ1n) is 7.14. The van der Waals surface area contributed by atoms with Gasteiger partial charge in [0.25, 0.3) is 0 Å². The number of carboxylic acid groups (broad SMARTS) is 1. The summed E-state index contributed by atoms with van der Waals surface area (Å²) in [6, 6.07) is -0.437. The van der Waals surface area contributed by atoms with Crippen molar-refractivity contribution in [3.05, 3.63) is 0 Å². The lowest BCUT2D eigenvalue weighted by molar-refractivity contribution is -0.142. The molecule has 6 heteroatoms. The molecule has 20 heavy (non-hydrogen) atoms. The number of urea groups is 1. The molecule has 0 spiro atoms. The Morgan fingerprint density at radius 2 is 1.75 bits per heavy atom. The summed E-state index contributed by atoms with van der Waals surface area (Å²) < 4.78 is 5.32. The Labute approximate surface area is 121 Å². The van der Waals surface area contributed by atoms with Crippen LogP contribution in [-0.4, -0.2) is 42.9 Å². The lowest BCUT2D eigenvalue weighted by Crippen LogP contribution is -2.48. The van der Waals surface area contributed by atoms with Crippen molar-refractivity contribution in [2.24, 2.45) is 17.8 Å². The van der Waals surface area contributed by atoms with Gasteiger partial charge >= 0.3 is 12.0 Å². The Morgan fingerprint density at radius 3 is 2.15 bits per heavy atom. The summed E-state index contributed by atoms with van der Waals surface area (Å²) in [4.78, 5) is 22.8. The van der Waals surface area contributed by atoms with Crippen molar-refractivity contribution >= 4 is 12.0 Å². The van der Waals surface area contributed by atoms with E-state index in [1.807, 2.05) is 34.6 Å². The predicted octanol–water partition coefficient (Wildman–Crippen LogP) is 1.70. The van der Waals surface area contributed by atoms with Crippen molar-refractivity contribution in [3.8, 4) is 0 Å². The monoisotopic (exact) mass is 288 g/mol. The fourth-order valence-corrected chi connectivity index (χ4v) is 1.68. The normalized spacial score (nSPS) is 14.2. The maximum absolute atomic E-state index is 11.8. The molecule has 0 heterocycles. The van der Waals surface area contributed by atoms with Crippen LogP contribution >= 0.6 is 0 Å². The van der Waals surface area contributed by atoms with E-state index >= 15 is 0 Å². The minimum atomic E-state index is -0.893. The Hall–Kier alpha value is -1.30. The van der Waals surface area contributed by atoms with E-state index in [1.54, 1.807) is 0 Å². The number of amides is 2. The lowest BCUT2D eigenvalue weighted by atomic mass is 9.96. The number of aliphatic carboxylic acids is 1. The van der Waals surface area contributed by atoms with E-state index in [-0.39, 0.29) is 30.5 Å². The van der Waals surface area contributed by atoms with Crippen LogP contribution in [0, 0.1) is 17.8 Å². The topological polar surface area (TPSA) is 87.7 Å². The molecule has 0 saturated carbocycles. The van der Waals surface area contributed by atoms with E-state index in [2.05, 4.69) is 10.6 Å². The Kier molecular flexibility index (Phi) is 8.96. The molecule has 2 unspecified atom stereocenters. The molecule has 0 saturated heterocycles. The number of hydrogen-bond acceptors (Lipinski definition) is 3. The predicted molar refractivity (Wildman–Crippen MR) is 77.6 cm³/mol. The molecule has 2 atom stereocenters. The Balaban J connectivity index is 4.28. The van der Waals surface area contributed by atoms with Crippen LogP contribution in [-0.2, 0) is 9.53 Å². The summed E-state index contributed by atoms with van der Waals surface area (Å²) in [6.07, 6.45) is 0. The van der Waals surface area contributed by atoms with E-state index in [0.717, 1.165) is 0 Å². The highest BCUT2D eigenvalue weighted by atomic mass is 16.5. The quantitative estimate of drug-likeness (QED) is 0.602. The third-order valence-electron chi connectivity index (χ3n) is 3.23. The van der Waals surface area contributed by atoms with Gasteiger partial charge in [-0.15, -0.1) is 0 Å². The van der Waals surface area contributed by atoms with E-state index in [1.165, 1.54) is 0 Å². The number of nitrogens with one attached hydrogen (secondary N) is 2. The van der Waals surface area contributed by atoms with Gasteiger partial charge in [0, 0.05) is 13.2 Å². The molecule has 118 valence electrons. The van der Waals surface area contributed by atoms with Crippen molar-refractivity contribution in [2.45, 2.75) is 40.7 Å². The first kappa shape index (κ1) is 18.7. The molecule has 0 bridgehead atoms. The number of rotatable bonds is 9. The highest BCUT2D eigenvalue weighted by Crippen LogP contribution is 2.09. The molecule has 0 aromatic rings. The van der Waals surface area contributed by atoms with Gasteiger partial charge in [-0.05, 0) is 18.8 Å². The zero-order valence-corrected chi connectivity index (χ0v) is 13.1. The van der Waals surface area contributed by atoms with Crippen LogP contribution in [0.15, 0.2) is 0 Å². The molecule has 0 radical (unpaired) electrons. The number of hydrogen-bond donors (Lipinski definition) is 3. The van der Waals surface area contributed by atoms with Crippen LogP contribution in [0.2, 0.25) is 0 Å². The average Bonchev–Trinajstić information content (AvgIpc) is 2.33. The molecular weight excluding hydrogens is 260 g/mol. The summed E-state index contributed by atoms with van der Waals surface area (Å²) >= 11 is 0. The molecule has 0 aliphatic rings. The van der Waals surface area contributed by atoms with E-state index < -0.39 is 11.9 Å². The lowest BCUT2D eigenvalue weighted by Gasteiger charge is -2.23. The maximum atomic E-state index is 11.8. The van der Waals surface area contributed by atoms with Crippen molar-refractivity contribution in [2.75, 3.05) is 19.8 Å². The Bertz CT molecular complexity index is 306. The molecule has 0 fully saturated rings. The van der Waals surface area contributed by atoms with Crippen LogP contribution in [0.1, 0.15) is 34.6 Å². The van der Waals surface area contributed by atoms with E-state index in [4.69, 9.17) is 9.84 Å². The molecular formula is C14H28N2O4. The van der Waals surface area contributed by atoms with Crippen LogP contribution in [0.3, 0.4) is 0 Å². The van der Waals surface area contributed by atoms with Gasteiger partial charge in [0.05, 0.1) is 18.6 Å². The largest absolute Gasteiger partial charge is 0.481 e. The third kappa shape index (κ3) is 7.33. The van der Waals surface area contributed by atoms with Crippen molar-refractivity contribution < 1.29 is 19.4 Å². The van der Waals surface area contributed by atoms with Gasteiger partial charge in [-0.2, -0.15) is 0 Å². The van der Waals surface area contributed by atoms with Gasteiger partial charge in [0.1, 0.15) is 0 Å². The third-order valence-corrected chi connectivity index (χ3v) is 3.23. The molecule has 3 N–H and O–H groups in total. The second-order valence-electron chi connectivity index (χ2n) is 5.55. The summed E-state index contributed by atoms with van der Waals surface area (Å²) in [6.45, 7) is 10.7. The average molecular weight is 288 g/mol. The van der Waals surface area contributed by atoms with Crippen molar-refractivity contribution in [1.29, 1.82) is 0 Å². The van der Waals surface area contributed by atoms with Crippen LogP contribution in [0.4, 0.5) is 4.79 Å². The highest BCUT2D eigenvalue weighted by Gasteiger charge is 2.23. The highest BCUT2D eigenvalue weighted by molar-refractivity contribution is 5.76. The zero-order chi connectivity index (χ0) is 15.7. The molecule has 0 aromatic carbocycles. The van der Waals surface area contributed by atoms with Gasteiger partial charge in [-0.3, -0.25) is 4.79 Å². The summed E-state index contributed by atoms with van der Waals surface area (Å²) in [7, 11) is 0. The second kappa shape index (κ2) is 9.58. The summed E-state index contributed by atoms with van der Waals surface area (Å²) in [5, 5.41) is 14.5. The van der Waals surface area contributed by atoms with Crippen LogP contribution in [0.25, 0.3) is 0 Å². The molecule has 6 nitrogen and oxygen atoms in total. The molecule has 0 aliphatic carbocycles. The second-order valence-corrected chi connectivity index (χ2v) is 5.55. The SMILES string of the molecule is CCOCC(NC(=O)NCC(C(=O)O)C(C)C)C(C)C. The molecule has 0 aromatic heterocycles. The molecule has 0 rings (SSSR count). The standard InChI is InChI=1S/C14H28N2O4/c1-6-20-8-12(10(4)5)16-14(19)15-7-11(9(2)3)13(17)18/h9-12H,6-8H2,1-5H3,(H,17,18)(H2,15,16,19). The number of carbonyl (C=O) groups is 2.